The molecule has 0 unspecified atom stereocenters. The number of fused-ring (bicyclic) bond motifs is 3. The lowest BCUT2D eigenvalue weighted by molar-refractivity contribution is -0.135. The van der Waals surface area contributed by atoms with E-state index in [0.717, 1.165) is 17.8 Å². The Bertz CT molecular complexity index is 1850. The molecule has 5 aromatic rings. The monoisotopic (exact) mass is 539 g/mol. The molecule has 6 rings (SSSR count). The van der Waals surface area contributed by atoms with Crippen LogP contribution in [0.3, 0.4) is 0 Å². The zero-order valence-electron chi connectivity index (χ0n) is 20.7. The number of phenolic OH excluding ortho intramolecular Hbond substituents is 3. The normalized spacial score (nSPS) is 14.5. The Morgan fingerprint density at radius 2 is 1.75 bits per heavy atom. The zero-order valence-corrected chi connectivity index (χ0v) is 20.7. The van der Waals surface area contributed by atoms with Crippen molar-refractivity contribution in [1.29, 1.82) is 0 Å². The summed E-state index contributed by atoms with van der Waals surface area (Å²) in [5, 5.41) is 40.7. The molecule has 0 amide bonds. The summed E-state index contributed by atoms with van der Waals surface area (Å²) in [4.78, 5) is 30.1. The van der Waals surface area contributed by atoms with E-state index in [1.807, 2.05) is 12.1 Å². The number of benzene rings is 3. The van der Waals surface area contributed by atoms with Gasteiger partial charge in [-0.25, -0.2) is 0 Å². The van der Waals surface area contributed by atoms with Crippen molar-refractivity contribution in [2.24, 2.45) is 0 Å². The summed E-state index contributed by atoms with van der Waals surface area (Å²) in [7, 11) is 0. The topological polar surface area (TPSA) is 160 Å². The van der Waals surface area contributed by atoms with Crippen molar-refractivity contribution >= 4 is 16.9 Å². The van der Waals surface area contributed by atoms with Gasteiger partial charge in [0.05, 0.1) is 12.1 Å². The number of carbonyl (C=O) groups excluding carboxylic acids is 1. The number of ether oxygens (including phenoxy) is 2. The van der Waals surface area contributed by atoms with Crippen LogP contribution in [0.4, 0.5) is 0 Å². The number of nitrogens with zero attached hydrogens (tertiary/aromatic N) is 1. The van der Waals surface area contributed by atoms with E-state index in [0.29, 0.717) is 16.9 Å². The van der Waals surface area contributed by atoms with Crippen molar-refractivity contribution < 1.29 is 39.1 Å². The lowest BCUT2D eigenvalue weighted by atomic mass is 9.85. The zero-order chi connectivity index (χ0) is 28.0. The molecule has 0 radical (unpaired) electrons. The van der Waals surface area contributed by atoms with Gasteiger partial charge >= 0.3 is 5.97 Å². The van der Waals surface area contributed by atoms with Gasteiger partial charge in [-0.2, -0.15) is 0 Å². The van der Waals surface area contributed by atoms with E-state index in [1.165, 1.54) is 12.1 Å². The highest BCUT2D eigenvalue weighted by molar-refractivity contribution is 5.94. The van der Waals surface area contributed by atoms with E-state index in [2.05, 4.69) is 4.98 Å². The second-order valence-electron chi connectivity index (χ2n) is 9.24. The second kappa shape index (κ2) is 9.66. The van der Waals surface area contributed by atoms with E-state index in [4.69, 9.17) is 13.9 Å². The van der Waals surface area contributed by atoms with E-state index >= 15 is 0 Å². The molecule has 3 heterocycles. The molecule has 0 fully saturated rings. The van der Waals surface area contributed by atoms with Crippen molar-refractivity contribution in [2.45, 2.75) is 18.9 Å². The van der Waals surface area contributed by atoms with Crippen molar-refractivity contribution in [3.63, 3.8) is 0 Å². The molecule has 1 atom stereocenters. The lowest BCUT2D eigenvalue weighted by Gasteiger charge is -2.26. The summed E-state index contributed by atoms with van der Waals surface area (Å²) in [6.45, 7) is 0.224. The van der Waals surface area contributed by atoms with Crippen LogP contribution in [-0.2, 0) is 11.4 Å². The molecule has 0 bridgehead atoms. The summed E-state index contributed by atoms with van der Waals surface area (Å²) in [5.74, 6) is -3.24. The average molecular weight is 539 g/mol. The number of carbonyl (C=O) groups is 1. The van der Waals surface area contributed by atoms with Gasteiger partial charge in [-0.3, -0.25) is 14.6 Å². The largest absolute Gasteiger partial charge is 0.507 e. The SMILES string of the molecule is O=C1C[C@@H](c2cccc(OCc3ccccn3)c2)c2c(cc(O)c3c(=O)c(O)c(-c4ccc(O)c(O)c4)oc23)O1. The molecule has 0 saturated heterocycles. The quantitative estimate of drug-likeness (QED) is 0.140. The van der Waals surface area contributed by atoms with E-state index in [9.17, 15) is 30.0 Å². The standard InChI is InChI=1S/C30H21NO9/c32-20-8-7-16(11-21(20)33)29-28(37)27(36)26-22(34)13-23-25(30(26)40-29)19(12-24(35)39-23)15-4-3-6-18(10-15)38-14-17-5-1-2-9-31-17/h1-11,13,19,32-34,37H,12,14H2/t19-/m0/s1. The fourth-order valence-electron chi connectivity index (χ4n) is 4.79. The Balaban J connectivity index is 1.51. The van der Waals surface area contributed by atoms with Gasteiger partial charge < -0.3 is 34.3 Å². The van der Waals surface area contributed by atoms with Crippen LogP contribution >= 0.6 is 0 Å². The number of rotatable bonds is 5. The van der Waals surface area contributed by atoms with Crippen LogP contribution in [-0.4, -0.2) is 31.4 Å². The van der Waals surface area contributed by atoms with Crippen LogP contribution in [0.25, 0.3) is 22.3 Å². The van der Waals surface area contributed by atoms with Gasteiger partial charge in [-0.15, -0.1) is 0 Å². The van der Waals surface area contributed by atoms with Crippen molar-refractivity contribution in [3.8, 4) is 45.8 Å². The molecule has 10 nitrogen and oxygen atoms in total. The number of hydrogen-bond acceptors (Lipinski definition) is 10. The smallest absolute Gasteiger partial charge is 0.312 e. The highest BCUT2D eigenvalue weighted by Crippen LogP contribution is 2.47. The minimum atomic E-state index is -0.924. The molecule has 3 aromatic carbocycles. The van der Waals surface area contributed by atoms with Crippen molar-refractivity contribution in [2.75, 3.05) is 0 Å². The average Bonchev–Trinajstić information content (AvgIpc) is 2.95. The first kappa shape index (κ1) is 24.8. The number of pyridine rings is 1. The Kier molecular flexibility index (Phi) is 5.99. The summed E-state index contributed by atoms with van der Waals surface area (Å²) in [5.41, 5.74) is 0.775. The van der Waals surface area contributed by atoms with Crippen molar-refractivity contribution in [1.82, 2.24) is 4.98 Å². The van der Waals surface area contributed by atoms with Gasteiger partial charge in [-0.05, 0) is 48.0 Å². The number of hydrogen-bond donors (Lipinski definition) is 4. The lowest BCUT2D eigenvalue weighted by Crippen LogP contribution is -2.22. The molecule has 0 spiro atoms. The molecule has 4 N–H and O–H groups in total. The highest BCUT2D eigenvalue weighted by Gasteiger charge is 2.34. The van der Waals surface area contributed by atoms with Crippen LogP contribution in [0.2, 0.25) is 0 Å². The first-order valence-electron chi connectivity index (χ1n) is 12.2. The van der Waals surface area contributed by atoms with Gasteiger partial charge in [0.2, 0.25) is 11.2 Å². The molecule has 0 saturated carbocycles. The fraction of sp³-hybridized carbons (Fsp3) is 0.100. The molecule has 1 aliphatic heterocycles. The van der Waals surface area contributed by atoms with Gasteiger partial charge in [0.1, 0.15) is 34.8 Å². The molecule has 200 valence electrons. The Labute approximate surface area is 225 Å². The minimum absolute atomic E-state index is 0.000555. The number of phenols is 3. The van der Waals surface area contributed by atoms with Gasteiger partial charge in [0.25, 0.3) is 0 Å². The molecule has 40 heavy (non-hydrogen) atoms. The van der Waals surface area contributed by atoms with Gasteiger partial charge in [0.15, 0.2) is 17.3 Å². The molecule has 1 aliphatic rings. The first-order chi connectivity index (χ1) is 19.3. The van der Waals surface area contributed by atoms with E-state index in [-0.39, 0.29) is 41.1 Å². The second-order valence-corrected chi connectivity index (χ2v) is 9.24. The number of esters is 1. The first-order valence-corrected chi connectivity index (χ1v) is 12.2. The Morgan fingerprint density at radius 1 is 0.900 bits per heavy atom. The summed E-state index contributed by atoms with van der Waals surface area (Å²) >= 11 is 0. The Morgan fingerprint density at radius 3 is 2.52 bits per heavy atom. The maximum atomic E-state index is 13.2. The maximum absolute atomic E-state index is 13.2. The third-order valence-electron chi connectivity index (χ3n) is 6.68. The highest BCUT2D eigenvalue weighted by atomic mass is 16.5. The molecular weight excluding hydrogens is 518 g/mol. The molecule has 10 heteroatoms. The van der Waals surface area contributed by atoms with Gasteiger partial charge in [-0.1, -0.05) is 18.2 Å². The van der Waals surface area contributed by atoms with Crippen LogP contribution in [0.15, 0.2) is 82.1 Å². The maximum Gasteiger partial charge on any atom is 0.312 e. The van der Waals surface area contributed by atoms with Crippen molar-refractivity contribution in [3.05, 3.63) is 100.0 Å². The number of aromatic hydroxyl groups is 4. The molecule has 0 aliphatic carbocycles. The van der Waals surface area contributed by atoms with E-state index < -0.39 is 40.3 Å². The Hall–Kier alpha value is -5.51. The van der Waals surface area contributed by atoms with Crippen LogP contribution in [0.1, 0.15) is 29.2 Å². The minimum Gasteiger partial charge on any atom is -0.507 e. The number of aromatic nitrogens is 1. The molecular formula is C30H21NO9. The van der Waals surface area contributed by atoms with Crippen LogP contribution in [0.5, 0.6) is 34.5 Å². The van der Waals surface area contributed by atoms with E-state index in [1.54, 1.807) is 36.5 Å². The third kappa shape index (κ3) is 4.31. The van der Waals surface area contributed by atoms with Crippen LogP contribution in [0, 0.1) is 0 Å². The van der Waals surface area contributed by atoms with Gasteiger partial charge in [0, 0.05) is 29.3 Å². The summed E-state index contributed by atoms with van der Waals surface area (Å²) in [6, 6.07) is 17.3. The fourth-order valence-corrected chi connectivity index (χ4v) is 4.79. The summed E-state index contributed by atoms with van der Waals surface area (Å²) < 4.78 is 17.4. The molecule has 2 aromatic heterocycles. The summed E-state index contributed by atoms with van der Waals surface area (Å²) in [6.07, 6.45) is 1.57. The predicted octanol–water partition coefficient (Wildman–Crippen LogP) is 4.70. The predicted molar refractivity (Wildman–Crippen MR) is 142 cm³/mol. The third-order valence-corrected chi connectivity index (χ3v) is 6.68. The van der Waals surface area contributed by atoms with Crippen LogP contribution < -0.4 is 14.9 Å².